The number of rotatable bonds is 2. The summed E-state index contributed by atoms with van der Waals surface area (Å²) < 4.78 is 13.6. The van der Waals surface area contributed by atoms with Gasteiger partial charge in [-0.3, -0.25) is 4.79 Å². The smallest absolute Gasteiger partial charge is 0.321 e. The minimum absolute atomic E-state index is 0.0886. The molecule has 0 unspecified atom stereocenters. The number of carboxylic acids is 1. The first-order valence-corrected chi connectivity index (χ1v) is 7.33. The van der Waals surface area contributed by atoms with Crippen molar-refractivity contribution in [3.05, 3.63) is 28.0 Å². The van der Waals surface area contributed by atoms with Crippen molar-refractivity contribution in [2.75, 3.05) is 18.4 Å². The summed E-state index contributed by atoms with van der Waals surface area (Å²) in [5.41, 5.74) is 1.10. The monoisotopic (exact) mass is 358 g/mol. The maximum absolute atomic E-state index is 13.4. The Bertz CT molecular complexity index is 594. The largest absolute Gasteiger partial charge is 0.481 e. The quantitative estimate of drug-likeness (QED) is 0.853. The molecule has 5 nitrogen and oxygen atoms in total. The molecule has 2 atom stereocenters. The Kier molecular flexibility index (Phi) is 4.51. The van der Waals surface area contributed by atoms with Crippen LogP contribution in [0, 0.1) is 24.6 Å². The molecule has 1 aliphatic heterocycles. The summed E-state index contributed by atoms with van der Waals surface area (Å²) in [5.74, 6) is -1.92. The third-order valence-corrected chi connectivity index (χ3v) is 4.33. The van der Waals surface area contributed by atoms with Gasteiger partial charge < -0.3 is 15.3 Å². The number of urea groups is 1. The van der Waals surface area contributed by atoms with Crippen LogP contribution < -0.4 is 5.32 Å². The van der Waals surface area contributed by atoms with Crippen LogP contribution >= 0.6 is 15.9 Å². The second-order valence-corrected chi connectivity index (χ2v) is 6.19. The average Bonchev–Trinajstić information content (AvgIpc) is 2.78. The molecule has 2 rings (SSSR count). The first-order chi connectivity index (χ1) is 9.79. The number of nitrogens with one attached hydrogen (secondary N) is 1. The molecule has 7 heteroatoms. The van der Waals surface area contributed by atoms with Crippen molar-refractivity contribution in [1.29, 1.82) is 0 Å². The highest BCUT2D eigenvalue weighted by Crippen LogP contribution is 2.27. The average molecular weight is 359 g/mol. The van der Waals surface area contributed by atoms with Gasteiger partial charge in [-0.2, -0.15) is 0 Å². The van der Waals surface area contributed by atoms with Crippen molar-refractivity contribution in [2.24, 2.45) is 11.8 Å². The maximum Gasteiger partial charge on any atom is 0.321 e. The van der Waals surface area contributed by atoms with E-state index in [1.807, 2.05) is 6.92 Å². The predicted molar refractivity (Wildman–Crippen MR) is 79.7 cm³/mol. The van der Waals surface area contributed by atoms with E-state index in [2.05, 4.69) is 21.2 Å². The van der Waals surface area contributed by atoms with Crippen LogP contribution in [0.5, 0.6) is 0 Å². The third-order valence-electron chi connectivity index (χ3n) is 3.73. The maximum atomic E-state index is 13.4. The van der Waals surface area contributed by atoms with Gasteiger partial charge in [0, 0.05) is 18.8 Å². The number of amides is 2. The molecule has 1 aliphatic rings. The fraction of sp³-hybridized carbons (Fsp3) is 0.429. The molecule has 0 aromatic heterocycles. The van der Waals surface area contributed by atoms with Gasteiger partial charge in [-0.1, -0.05) is 6.92 Å². The summed E-state index contributed by atoms with van der Waals surface area (Å²) >= 11 is 3.07. The van der Waals surface area contributed by atoms with Crippen molar-refractivity contribution in [3.63, 3.8) is 0 Å². The van der Waals surface area contributed by atoms with E-state index in [1.54, 1.807) is 6.92 Å². The van der Waals surface area contributed by atoms with Crippen molar-refractivity contribution in [1.82, 2.24) is 4.90 Å². The topological polar surface area (TPSA) is 69.6 Å². The van der Waals surface area contributed by atoms with Gasteiger partial charge in [0.25, 0.3) is 0 Å². The van der Waals surface area contributed by atoms with Crippen molar-refractivity contribution >= 4 is 33.6 Å². The van der Waals surface area contributed by atoms with E-state index >= 15 is 0 Å². The number of anilines is 1. The van der Waals surface area contributed by atoms with Crippen LogP contribution in [0.2, 0.25) is 0 Å². The number of hydrogen-bond acceptors (Lipinski definition) is 2. The molecule has 2 N–H and O–H groups in total. The first-order valence-electron chi connectivity index (χ1n) is 6.54. The molecule has 1 fully saturated rings. The highest BCUT2D eigenvalue weighted by molar-refractivity contribution is 9.10. The van der Waals surface area contributed by atoms with Gasteiger partial charge in [0.2, 0.25) is 0 Å². The number of hydrogen-bond donors (Lipinski definition) is 2. The summed E-state index contributed by atoms with van der Waals surface area (Å²) in [6.07, 6.45) is 0. The predicted octanol–water partition coefficient (Wildman–Crippen LogP) is 3.08. The van der Waals surface area contributed by atoms with Crippen molar-refractivity contribution < 1.29 is 19.1 Å². The van der Waals surface area contributed by atoms with E-state index in [-0.39, 0.29) is 23.0 Å². The Balaban J connectivity index is 2.09. The Morgan fingerprint density at radius 1 is 1.43 bits per heavy atom. The molecular weight excluding hydrogens is 343 g/mol. The number of aryl methyl sites for hydroxylation is 1. The van der Waals surface area contributed by atoms with E-state index in [9.17, 15) is 14.0 Å². The van der Waals surface area contributed by atoms with Crippen LogP contribution in [-0.4, -0.2) is 35.1 Å². The summed E-state index contributed by atoms with van der Waals surface area (Å²) in [4.78, 5) is 24.7. The van der Waals surface area contributed by atoms with Crippen LogP contribution in [0.25, 0.3) is 0 Å². The molecular formula is C14H16BrFN2O3. The molecule has 1 heterocycles. The lowest BCUT2D eigenvalue weighted by molar-refractivity contribution is -0.142. The zero-order valence-corrected chi connectivity index (χ0v) is 13.3. The number of halogens is 2. The molecule has 0 saturated carbocycles. The van der Waals surface area contributed by atoms with Crippen LogP contribution in [-0.2, 0) is 4.79 Å². The molecule has 0 spiro atoms. The molecule has 1 aromatic carbocycles. The number of aliphatic carboxylic acids is 1. The number of likely N-dealkylation sites (tertiary alicyclic amines) is 1. The molecule has 2 amide bonds. The Hall–Kier alpha value is -1.63. The van der Waals surface area contributed by atoms with E-state index in [4.69, 9.17) is 5.11 Å². The molecule has 0 radical (unpaired) electrons. The second-order valence-electron chi connectivity index (χ2n) is 5.34. The first kappa shape index (κ1) is 15.8. The molecule has 114 valence electrons. The summed E-state index contributed by atoms with van der Waals surface area (Å²) in [5, 5.41) is 11.8. The lowest BCUT2D eigenvalue weighted by Crippen LogP contribution is -2.34. The lowest BCUT2D eigenvalue weighted by Gasteiger charge is -2.18. The van der Waals surface area contributed by atoms with Gasteiger partial charge in [0.05, 0.1) is 10.4 Å². The molecule has 0 bridgehead atoms. The van der Waals surface area contributed by atoms with Crippen LogP contribution in [0.15, 0.2) is 16.6 Å². The Labute approximate surface area is 130 Å². The van der Waals surface area contributed by atoms with Gasteiger partial charge in [-0.05, 0) is 46.5 Å². The number of carbonyl (C=O) groups excluding carboxylic acids is 1. The van der Waals surface area contributed by atoms with E-state index in [0.29, 0.717) is 17.8 Å². The Morgan fingerprint density at radius 2 is 2.10 bits per heavy atom. The van der Waals surface area contributed by atoms with Crippen molar-refractivity contribution in [3.8, 4) is 0 Å². The highest BCUT2D eigenvalue weighted by atomic mass is 79.9. The van der Waals surface area contributed by atoms with E-state index in [0.717, 1.165) is 0 Å². The van der Waals surface area contributed by atoms with Gasteiger partial charge in [0.15, 0.2) is 0 Å². The highest BCUT2D eigenvalue weighted by Gasteiger charge is 2.37. The zero-order valence-electron chi connectivity index (χ0n) is 11.7. The molecule has 21 heavy (non-hydrogen) atoms. The Morgan fingerprint density at radius 3 is 2.67 bits per heavy atom. The molecule has 1 aromatic rings. The van der Waals surface area contributed by atoms with Crippen LogP contribution in [0.3, 0.4) is 0 Å². The number of carbonyl (C=O) groups is 2. The van der Waals surface area contributed by atoms with E-state index < -0.39 is 17.7 Å². The standard InChI is InChI=1S/C14H16BrFN2O3/c1-7-3-11(16)10(15)4-12(7)17-14(21)18-5-8(2)9(6-18)13(19)20/h3-4,8-9H,5-6H2,1-2H3,(H,17,21)(H,19,20)/t8-,9-/m1/s1. The number of benzene rings is 1. The van der Waals surface area contributed by atoms with Gasteiger partial charge in [-0.25, -0.2) is 9.18 Å². The summed E-state index contributed by atoms with van der Waals surface area (Å²) in [6, 6.07) is 2.45. The SMILES string of the molecule is Cc1cc(F)c(Br)cc1NC(=O)N1C[C@@H](C)[C@H](C(=O)O)C1. The minimum atomic E-state index is -0.890. The fourth-order valence-corrected chi connectivity index (χ4v) is 2.77. The number of carboxylic acid groups (broad SMARTS) is 1. The van der Waals surface area contributed by atoms with Crippen molar-refractivity contribution in [2.45, 2.75) is 13.8 Å². The summed E-state index contributed by atoms with van der Waals surface area (Å²) in [6.45, 7) is 4.08. The molecule has 1 saturated heterocycles. The minimum Gasteiger partial charge on any atom is -0.481 e. The van der Waals surface area contributed by atoms with E-state index in [1.165, 1.54) is 17.0 Å². The van der Waals surface area contributed by atoms with Crippen LogP contribution in [0.4, 0.5) is 14.9 Å². The van der Waals surface area contributed by atoms with Gasteiger partial charge >= 0.3 is 12.0 Å². The molecule has 0 aliphatic carbocycles. The summed E-state index contributed by atoms with van der Waals surface area (Å²) in [7, 11) is 0. The third kappa shape index (κ3) is 3.34. The normalized spacial score (nSPS) is 21.4. The fourth-order valence-electron chi connectivity index (χ4n) is 2.43. The van der Waals surface area contributed by atoms with Gasteiger partial charge in [-0.15, -0.1) is 0 Å². The van der Waals surface area contributed by atoms with Gasteiger partial charge in [0.1, 0.15) is 5.82 Å². The zero-order chi connectivity index (χ0) is 15.7. The lowest BCUT2D eigenvalue weighted by atomic mass is 9.99. The van der Waals surface area contributed by atoms with Crippen LogP contribution in [0.1, 0.15) is 12.5 Å². The number of nitrogens with zero attached hydrogens (tertiary/aromatic N) is 1. The second kappa shape index (κ2) is 6.01.